The Morgan fingerprint density at radius 3 is 2.50 bits per heavy atom. The highest BCUT2D eigenvalue weighted by atomic mass is 127. The molecule has 0 unspecified atom stereocenters. The van der Waals surface area contributed by atoms with Crippen molar-refractivity contribution in [3.63, 3.8) is 0 Å². The largest absolute Gasteiger partial charge is 0.493 e. The molecule has 5 nitrogen and oxygen atoms in total. The van der Waals surface area contributed by atoms with Crippen LogP contribution in [0.3, 0.4) is 0 Å². The summed E-state index contributed by atoms with van der Waals surface area (Å²) < 4.78 is 10.5. The second-order valence-corrected chi connectivity index (χ2v) is 5.91. The minimum absolute atomic E-state index is 0. The maximum absolute atomic E-state index is 5.92. The summed E-state index contributed by atoms with van der Waals surface area (Å²) in [4.78, 5) is 4.37. The molecule has 0 radical (unpaired) electrons. The van der Waals surface area contributed by atoms with Gasteiger partial charge >= 0.3 is 0 Å². The molecule has 1 fully saturated rings. The highest BCUT2D eigenvalue weighted by Crippen LogP contribution is 2.39. The van der Waals surface area contributed by atoms with E-state index < -0.39 is 0 Å². The number of nitrogens with one attached hydrogen (secondary N) is 1. The van der Waals surface area contributed by atoms with Crippen LogP contribution in [0, 0.1) is 5.41 Å². The summed E-state index contributed by atoms with van der Waals surface area (Å²) in [5, 5.41) is 3.22. The van der Waals surface area contributed by atoms with Gasteiger partial charge in [0.2, 0.25) is 0 Å². The van der Waals surface area contributed by atoms with Gasteiger partial charge in [-0.25, -0.2) is 4.99 Å². The molecule has 2 rings (SSSR count). The molecule has 124 valence electrons. The van der Waals surface area contributed by atoms with Crippen molar-refractivity contribution < 1.29 is 9.47 Å². The molecule has 0 spiro atoms. The molecule has 1 aliphatic rings. The molecule has 22 heavy (non-hydrogen) atoms. The summed E-state index contributed by atoms with van der Waals surface area (Å²) in [6.07, 6.45) is 3.85. The van der Waals surface area contributed by atoms with E-state index in [1.165, 1.54) is 19.3 Å². The maximum atomic E-state index is 5.92. The number of guanidine groups is 1. The van der Waals surface area contributed by atoms with Crippen LogP contribution in [0.2, 0.25) is 0 Å². The fourth-order valence-electron chi connectivity index (χ4n) is 2.47. The van der Waals surface area contributed by atoms with Crippen LogP contribution < -0.4 is 20.5 Å². The Balaban J connectivity index is 0.00000242. The summed E-state index contributed by atoms with van der Waals surface area (Å²) >= 11 is 0. The molecule has 0 amide bonds. The number of nitrogens with two attached hydrogens (primary N) is 1. The molecule has 1 aromatic carbocycles. The van der Waals surface area contributed by atoms with Gasteiger partial charge in [-0.3, -0.25) is 0 Å². The molecule has 3 N–H and O–H groups in total. The lowest BCUT2D eigenvalue weighted by molar-refractivity contribution is 0.165. The first-order valence-corrected chi connectivity index (χ1v) is 7.31. The maximum Gasteiger partial charge on any atom is 0.188 e. The Hall–Kier alpha value is -1.18. The van der Waals surface area contributed by atoms with Crippen LogP contribution in [0.5, 0.6) is 11.5 Å². The van der Waals surface area contributed by atoms with Gasteiger partial charge < -0.3 is 20.5 Å². The Morgan fingerprint density at radius 1 is 1.27 bits per heavy atom. The number of rotatable bonds is 6. The van der Waals surface area contributed by atoms with Gasteiger partial charge in [0.1, 0.15) is 0 Å². The fourth-order valence-corrected chi connectivity index (χ4v) is 2.47. The first-order valence-electron chi connectivity index (χ1n) is 7.31. The van der Waals surface area contributed by atoms with E-state index in [4.69, 9.17) is 15.2 Å². The average molecular weight is 419 g/mol. The second-order valence-electron chi connectivity index (χ2n) is 5.91. The van der Waals surface area contributed by atoms with E-state index in [1.54, 1.807) is 14.2 Å². The molecule has 0 aliphatic heterocycles. The summed E-state index contributed by atoms with van der Waals surface area (Å²) in [7, 11) is 3.25. The molecule has 1 aromatic rings. The zero-order valence-electron chi connectivity index (χ0n) is 13.5. The molecule has 0 atom stereocenters. The van der Waals surface area contributed by atoms with Crippen molar-refractivity contribution in [2.24, 2.45) is 16.1 Å². The van der Waals surface area contributed by atoms with Gasteiger partial charge in [-0.05, 0) is 36.0 Å². The number of ether oxygens (including phenoxy) is 2. The lowest BCUT2D eigenvalue weighted by Crippen LogP contribution is -2.42. The van der Waals surface area contributed by atoms with Crippen molar-refractivity contribution in [2.45, 2.75) is 32.7 Å². The van der Waals surface area contributed by atoms with Crippen molar-refractivity contribution in [1.82, 2.24) is 5.32 Å². The van der Waals surface area contributed by atoms with Crippen molar-refractivity contribution in [3.05, 3.63) is 23.8 Å². The third-order valence-electron chi connectivity index (χ3n) is 4.14. The molecular formula is C16H26IN3O2. The third kappa shape index (κ3) is 4.93. The molecule has 0 heterocycles. The molecule has 0 bridgehead atoms. The zero-order valence-corrected chi connectivity index (χ0v) is 15.8. The van der Waals surface area contributed by atoms with Crippen LogP contribution in [-0.2, 0) is 6.54 Å². The lowest BCUT2D eigenvalue weighted by atomic mass is 9.70. The van der Waals surface area contributed by atoms with Crippen molar-refractivity contribution in [2.75, 3.05) is 20.8 Å². The van der Waals surface area contributed by atoms with Crippen LogP contribution in [0.15, 0.2) is 23.2 Å². The highest BCUT2D eigenvalue weighted by Gasteiger charge is 2.31. The van der Waals surface area contributed by atoms with Crippen LogP contribution in [-0.4, -0.2) is 26.7 Å². The number of halogens is 1. The van der Waals surface area contributed by atoms with Gasteiger partial charge in [-0.2, -0.15) is 0 Å². The highest BCUT2D eigenvalue weighted by molar-refractivity contribution is 14.0. The topological polar surface area (TPSA) is 68.9 Å². The van der Waals surface area contributed by atoms with Gasteiger partial charge in [0.15, 0.2) is 17.5 Å². The number of hydrogen-bond acceptors (Lipinski definition) is 3. The number of methoxy groups -OCH3 is 2. The normalized spacial score (nSPS) is 16.2. The number of aliphatic imine (C=N–C) groups is 1. The Labute approximate surface area is 149 Å². The van der Waals surface area contributed by atoms with E-state index in [2.05, 4.69) is 17.2 Å². The van der Waals surface area contributed by atoms with Gasteiger partial charge in [-0.15, -0.1) is 24.0 Å². The smallest absolute Gasteiger partial charge is 0.188 e. The predicted octanol–water partition coefficient (Wildman–Crippen LogP) is 2.92. The summed E-state index contributed by atoms with van der Waals surface area (Å²) in [6.45, 7) is 3.70. The van der Waals surface area contributed by atoms with E-state index in [-0.39, 0.29) is 24.0 Å². The molecule has 0 aromatic heterocycles. The molecule has 1 saturated carbocycles. The Kier molecular flexibility index (Phi) is 7.25. The van der Waals surface area contributed by atoms with E-state index in [1.807, 2.05) is 18.2 Å². The van der Waals surface area contributed by atoms with E-state index in [9.17, 15) is 0 Å². The second kappa shape index (κ2) is 8.45. The van der Waals surface area contributed by atoms with Crippen LogP contribution in [0.1, 0.15) is 31.7 Å². The number of benzene rings is 1. The van der Waals surface area contributed by atoms with Crippen LogP contribution in [0.4, 0.5) is 0 Å². The fraction of sp³-hybridized carbons (Fsp3) is 0.562. The SMILES string of the molecule is COc1ccc(CN=C(N)NCC2(C)CCC2)cc1OC.I. The molecule has 0 saturated heterocycles. The third-order valence-corrected chi connectivity index (χ3v) is 4.14. The first kappa shape index (κ1) is 18.9. The summed E-state index contributed by atoms with van der Waals surface area (Å²) in [5.74, 6) is 1.92. The standard InChI is InChI=1S/C16H25N3O2.HI/c1-16(7-4-8-16)11-19-15(17)18-10-12-5-6-13(20-2)14(9-12)21-3;/h5-6,9H,4,7-8,10-11H2,1-3H3,(H3,17,18,19);1H. The molecular weight excluding hydrogens is 393 g/mol. The molecule has 6 heteroatoms. The summed E-state index contributed by atoms with van der Waals surface area (Å²) in [6, 6.07) is 5.76. The summed E-state index contributed by atoms with van der Waals surface area (Å²) in [5.41, 5.74) is 7.34. The lowest BCUT2D eigenvalue weighted by Gasteiger charge is -2.38. The number of nitrogens with zero attached hydrogens (tertiary/aromatic N) is 1. The predicted molar refractivity (Wildman–Crippen MR) is 100 cm³/mol. The Bertz CT molecular complexity index is 516. The van der Waals surface area contributed by atoms with Crippen molar-refractivity contribution in [1.29, 1.82) is 0 Å². The quantitative estimate of drug-likeness (QED) is 0.423. The van der Waals surface area contributed by atoms with Crippen LogP contribution >= 0.6 is 24.0 Å². The monoisotopic (exact) mass is 419 g/mol. The van der Waals surface area contributed by atoms with Gasteiger partial charge in [0.25, 0.3) is 0 Å². The number of hydrogen-bond donors (Lipinski definition) is 2. The van der Waals surface area contributed by atoms with E-state index >= 15 is 0 Å². The van der Waals surface area contributed by atoms with E-state index in [0.717, 1.165) is 12.1 Å². The minimum atomic E-state index is 0. The van der Waals surface area contributed by atoms with Crippen molar-refractivity contribution in [3.8, 4) is 11.5 Å². The van der Waals surface area contributed by atoms with Gasteiger partial charge in [-0.1, -0.05) is 19.4 Å². The first-order chi connectivity index (χ1) is 10.1. The van der Waals surface area contributed by atoms with E-state index in [0.29, 0.717) is 29.4 Å². The van der Waals surface area contributed by atoms with Gasteiger partial charge in [0, 0.05) is 6.54 Å². The average Bonchev–Trinajstić information content (AvgIpc) is 2.48. The molecule has 1 aliphatic carbocycles. The Morgan fingerprint density at radius 2 is 1.95 bits per heavy atom. The van der Waals surface area contributed by atoms with Crippen molar-refractivity contribution >= 4 is 29.9 Å². The zero-order chi connectivity index (χ0) is 15.3. The van der Waals surface area contributed by atoms with Crippen LogP contribution in [0.25, 0.3) is 0 Å². The van der Waals surface area contributed by atoms with Gasteiger partial charge in [0.05, 0.1) is 20.8 Å². The minimum Gasteiger partial charge on any atom is -0.493 e.